The number of primary amides is 1. The van der Waals surface area contributed by atoms with Gasteiger partial charge in [0.15, 0.2) is 0 Å². The lowest BCUT2D eigenvalue weighted by Gasteiger charge is -2.12. The molecule has 7 heteroatoms. The van der Waals surface area contributed by atoms with Crippen LogP contribution in [0.5, 0.6) is 0 Å². The topological polar surface area (TPSA) is 101 Å². The molecule has 0 aliphatic rings. The summed E-state index contributed by atoms with van der Waals surface area (Å²) in [7, 11) is 0. The lowest BCUT2D eigenvalue weighted by atomic mass is 10.2. The minimum atomic E-state index is -0.774. The minimum Gasteiger partial charge on any atom is -0.368 e. The third-order valence-electron chi connectivity index (χ3n) is 2.63. The molecular formula is C14H19N3O3S. The molecule has 3 amide bonds. The summed E-state index contributed by atoms with van der Waals surface area (Å²) in [4.78, 5) is 35.3. The first-order chi connectivity index (χ1) is 9.95. The van der Waals surface area contributed by atoms with Crippen LogP contribution in [0.4, 0.5) is 4.79 Å². The van der Waals surface area contributed by atoms with Gasteiger partial charge in [0, 0.05) is 11.4 Å². The van der Waals surface area contributed by atoms with E-state index in [1.165, 1.54) is 6.92 Å². The van der Waals surface area contributed by atoms with Crippen molar-refractivity contribution >= 4 is 28.8 Å². The van der Waals surface area contributed by atoms with Gasteiger partial charge in [-0.15, -0.1) is 0 Å². The molecule has 1 aromatic rings. The normalized spacial score (nSPS) is 11.5. The molecule has 0 bridgehead atoms. The molecule has 0 spiro atoms. The molecule has 0 unspecified atom stereocenters. The number of benzene rings is 1. The number of hydrogen-bond acceptors (Lipinski definition) is 4. The first-order valence-electron chi connectivity index (χ1n) is 6.60. The molecule has 1 aromatic carbocycles. The summed E-state index contributed by atoms with van der Waals surface area (Å²) in [6.45, 7) is 4.04. The van der Waals surface area contributed by atoms with Crippen LogP contribution >= 0.6 is 11.8 Å². The summed E-state index contributed by atoms with van der Waals surface area (Å²) >= 11 is 0.947. The molecule has 0 heterocycles. The van der Waals surface area contributed by atoms with Crippen molar-refractivity contribution in [2.45, 2.75) is 31.2 Å². The molecule has 0 aliphatic carbocycles. The third kappa shape index (κ3) is 5.47. The van der Waals surface area contributed by atoms with Crippen LogP contribution in [0.3, 0.4) is 0 Å². The van der Waals surface area contributed by atoms with Crippen LogP contribution in [0.1, 0.15) is 30.6 Å². The van der Waals surface area contributed by atoms with Crippen LogP contribution in [0.2, 0.25) is 0 Å². The number of hydrogen-bond donors (Lipinski definition) is 3. The zero-order valence-electron chi connectivity index (χ0n) is 12.0. The van der Waals surface area contributed by atoms with Crippen LogP contribution in [0.25, 0.3) is 0 Å². The van der Waals surface area contributed by atoms with Gasteiger partial charge in [-0.2, -0.15) is 0 Å². The van der Waals surface area contributed by atoms with Crippen molar-refractivity contribution in [1.82, 2.24) is 10.6 Å². The maximum absolute atomic E-state index is 12.1. The number of nitrogens with two attached hydrogens (primary N) is 1. The number of carbonyl (C=O) groups excluding carboxylic acids is 3. The number of rotatable bonds is 6. The Hall–Kier alpha value is -2.02. The van der Waals surface area contributed by atoms with E-state index in [4.69, 9.17) is 5.73 Å². The first-order valence-corrected chi connectivity index (χ1v) is 7.42. The summed E-state index contributed by atoms with van der Waals surface area (Å²) in [5.41, 5.74) is 5.45. The highest BCUT2D eigenvalue weighted by molar-refractivity contribution is 8.13. The van der Waals surface area contributed by atoms with E-state index in [2.05, 4.69) is 10.6 Å². The number of amides is 3. The zero-order valence-corrected chi connectivity index (χ0v) is 12.8. The molecule has 21 heavy (non-hydrogen) atoms. The Morgan fingerprint density at radius 3 is 2.57 bits per heavy atom. The Bertz CT molecular complexity index is 534. The lowest BCUT2D eigenvalue weighted by Crippen LogP contribution is -2.42. The average Bonchev–Trinajstić information content (AvgIpc) is 2.45. The Balaban J connectivity index is 2.81. The fourth-order valence-electron chi connectivity index (χ4n) is 1.45. The van der Waals surface area contributed by atoms with Crippen molar-refractivity contribution in [3.63, 3.8) is 0 Å². The monoisotopic (exact) mass is 309 g/mol. The maximum atomic E-state index is 12.1. The molecule has 4 N–H and O–H groups in total. The van der Waals surface area contributed by atoms with Gasteiger partial charge in [0.05, 0.1) is 5.56 Å². The van der Waals surface area contributed by atoms with E-state index in [9.17, 15) is 14.4 Å². The fourth-order valence-corrected chi connectivity index (χ4v) is 2.24. The Morgan fingerprint density at radius 1 is 1.29 bits per heavy atom. The highest BCUT2D eigenvalue weighted by Crippen LogP contribution is 2.23. The second kappa shape index (κ2) is 8.31. The zero-order chi connectivity index (χ0) is 15.8. The van der Waals surface area contributed by atoms with Gasteiger partial charge in [-0.1, -0.05) is 19.1 Å². The maximum Gasteiger partial charge on any atom is 0.283 e. The molecule has 0 saturated carbocycles. The van der Waals surface area contributed by atoms with Crippen molar-refractivity contribution in [2.75, 3.05) is 6.54 Å². The van der Waals surface area contributed by atoms with Crippen LogP contribution in [0, 0.1) is 0 Å². The largest absolute Gasteiger partial charge is 0.368 e. The SMILES string of the molecule is CCCNC(=O)Sc1ccccc1C(=O)N[C@@H](C)C(N)=O. The second-order valence-corrected chi connectivity index (χ2v) is 5.42. The number of carbonyl (C=O) groups is 3. The highest BCUT2D eigenvalue weighted by Gasteiger charge is 2.17. The molecule has 0 fully saturated rings. The van der Waals surface area contributed by atoms with Crippen molar-refractivity contribution in [3.8, 4) is 0 Å². The standard InChI is InChI=1S/C14H19N3O3S/c1-3-8-16-14(20)21-11-7-5-4-6-10(11)13(19)17-9(2)12(15)18/h4-7,9H,3,8H2,1-2H3,(H2,15,18)(H,16,20)(H,17,19)/t9-/m0/s1. The van der Waals surface area contributed by atoms with Crippen molar-refractivity contribution in [3.05, 3.63) is 29.8 Å². The molecule has 0 aromatic heterocycles. The molecular weight excluding hydrogens is 290 g/mol. The average molecular weight is 309 g/mol. The summed E-state index contributed by atoms with van der Waals surface area (Å²) < 4.78 is 0. The summed E-state index contributed by atoms with van der Waals surface area (Å²) in [5, 5.41) is 5.00. The van der Waals surface area contributed by atoms with Crippen LogP contribution < -0.4 is 16.4 Å². The van der Waals surface area contributed by atoms with Crippen LogP contribution in [0.15, 0.2) is 29.2 Å². The van der Waals surface area contributed by atoms with Gasteiger partial charge in [-0.25, -0.2) is 0 Å². The van der Waals surface area contributed by atoms with E-state index in [1.807, 2.05) is 6.92 Å². The summed E-state index contributed by atoms with van der Waals surface area (Å²) in [6, 6.07) is 5.93. The van der Waals surface area contributed by atoms with Crippen LogP contribution in [-0.4, -0.2) is 29.6 Å². The van der Waals surface area contributed by atoms with Gasteiger partial charge < -0.3 is 16.4 Å². The van der Waals surface area contributed by atoms with Gasteiger partial charge in [-0.05, 0) is 37.2 Å². The molecule has 1 rings (SSSR count). The van der Waals surface area contributed by atoms with Crippen molar-refractivity contribution in [1.29, 1.82) is 0 Å². The predicted octanol–water partition coefficient (Wildman–Crippen LogP) is 1.50. The lowest BCUT2D eigenvalue weighted by molar-refractivity contribution is -0.119. The summed E-state index contributed by atoms with van der Waals surface area (Å²) in [6.07, 6.45) is 0.838. The predicted molar refractivity (Wildman–Crippen MR) is 82.1 cm³/mol. The minimum absolute atomic E-state index is 0.222. The molecule has 0 radical (unpaired) electrons. The number of nitrogens with one attached hydrogen (secondary N) is 2. The van der Waals surface area contributed by atoms with Crippen molar-refractivity contribution in [2.24, 2.45) is 5.73 Å². The van der Waals surface area contributed by atoms with Gasteiger partial charge in [0.25, 0.3) is 11.1 Å². The Morgan fingerprint density at radius 2 is 1.95 bits per heavy atom. The molecule has 6 nitrogen and oxygen atoms in total. The Kier molecular flexibility index (Phi) is 6.74. The quantitative estimate of drug-likeness (QED) is 0.693. The fraction of sp³-hybridized carbons (Fsp3) is 0.357. The van der Waals surface area contributed by atoms with Crippen molar-refractivity contribution < 1.29 is 14.4 Å². The summed E-state index contributed by atoms with van der Waals surface area (Å²) in [5.74, 6) is -1.05. The van der Waals surface area contributed by atoms with Gasteiger partial charge in [-0.3, -0.25) is 14.4 Å². The smallest absolute Gasteiger partial charge is 0.283 e. The second-order valence-electron chi connectivity index (χ2n) is 4.41. The van der Waals surface area contributed by atoms with E-state index in [0.29, 0.717) is 17.0 Å². The molecule has 114 valence electrons. The van der Waals surface area contributed by atoms with Crippen LogP contribution in [-0.2, 0) is 4.79 Å². The van der Waals surface area contributed by atoms with E-state index in [1.54, 1.807) is 24.3 Å². The molecule has 0 aliphatic heterocycles. The third-order valence-corrected chi connectivity index (χ3v) is 3.53. The van der Waals surface area contributed by atoms with E-state index >= 15 is 0 Å². The van der Waals surface area contributed by atoms with E-state index in [-0.39, 0.29) is 5.24 Å². The van der Waals surface area contributed by atoms with Gasteiger partial charge >= 0.3 is 0 Å². The van der Waals surface area contributed by atoms with E-state index < -0.39 is 17.9 Å². The molecule has 1 atom stereocenters. The highest BCUT2D eigenvalue weighted by atomic mass is 32.2. The van der Waals surface area contributed by atoms with Gasteiger partial charge in [0.2, 0.25) is 5.91 Å². The van der Waals surface area contributed by atoms with E-state index in [0.717, 1.165) is 18.2 Å². The first kappa shape index (κ1) is 17.0. The Labute approximate surface area is 127 Å². The number of thioether (sulfide) groups is 1. The van der Waals surface area contributed by atoms with Gasteiger partial charge in [0.1, 0.15) is 6.04 Å². The molecule has 0 saturated heterocycles.